The molecule has 0 bridgehead atoms. The fourth-order valence-corrected chi connectivity index (χ4v) is 1.14. The van der Waals surface area contributed by atoms with Crippen LogP contribution in [0.4, 0.5) is 8.78 Å². The molecular weight excluding hydrogens is 206 g/mol. The van der Waals surface area contributed by atoms with Crippen LogP contribution >= 0.6 is 11.6 Å². The summed E-state index contributed by atoms with van der Waals surface area (Å²) in [4.78, 5) is 15.0. The number of carbonyl (C=O) groups is 1. The summed E-state index contributed by atoms with van der Waals surface area (Å²) < 4.78 is 23.8. The number of hydrogen-bond acceptors (Lipinski definition) is 3. The van der Waals surface area contributed by atoms with E-state index in [0.29, 0.717) is 4.90 Å². The largest absolute Gasteiger partial charge is 0.355 e. The number of aliphatic hydroxyl groups excluding tert-OH is 1. The smallest absolute Gasteiger partial charge is 0.256 e. The molecule has 13 heavy (non-hydrogen) atoms. The number of aliphatic hydroxyl groups is 1. The third-order valence-electron chi connectivity index (χ3n) is 1.49. The molecule has 4 nitrogen and oxygen atoms in total. The zero-order valence-corrected chi connectivity index (χ0v) is 7.21. The highest BCUT2D eigenvalue weighted by molar-refractivity contribution is 6.67. The van der Waals surface area contributed by atoms with Gasteiger partial charge in [-0.25, -0.2) is 13.8 Å². The van der Waals surface area contributed by atoms with Gasteiger partial charge >= 0.3 is 0 Å². The van der Waals surface area contributed by atoms with Gasteiger partial charge in [0.2, 0.25) is 12.3 Å². The summed E-state index contributed by atoms with van der Waals surface area (Å²) in [6, 6.07) is 0. The third kappa shape index (κ3) is 2.60. The summed E-state index contributed by atoms with van der Waals surface area (Å²) in [5, 5.41) is 8.99. The van der Waals surface area contributed by atoms with Crippen LogP contribution in [-0.4, -0.2) is 40.4 Å². The van der Waals surface area contributed by atoms with Crippen molar-refractivity contribution in [2.75, 3.05) is 6.54 Å². The van der Waals surface area contributed by atoms with Crippen LogP contribution < -0.4 is 0 Å². The number of hydrogen-bond donors (Lipinski definition) is 1. The van der Waals surface area contributed by atoms with Crippen LogP contribution in [0.1, 0.15) is 6.42 Å². The number of rotatable bonds is 2. The van der Waals surface area contributed by atoms with Gasteiger partial charge in [0, 0.05) is 0 Å². The number of halogens is 3. The quantitative estimate of drug-likeness (QED) is 0.720. The Bertz CT molecular complexity index is 247. The maximum absolute atomic E-state index is 11.9. The minimum atomic E-state index is -2.69. The standard InChI is InChI=1S/C6H7ClF2N2O2/c7-3-1-5(12)11(2-4(8)9)6(13)10-3/h4,6,13H,1-2H2. The van der Waals surface area contributed by atoms with Crippen molar-refractivity contribution < 1.29 is 18.7 Å². The minimum Gasteiger partial charge on any atom is -0.355 e. The molecule has 0 spiro atoms. The number of carbonyl (C=O) groups excluding carboxylic acids is 1. The molecule has 74 valence electrons. The van der Waals surface area contributed by atoms with Crippen molar-refractivity contribution in [1.82, 2.24) is 4.90 Å². The molecule has 1 N–H and O–H groups in total. The second-order valence-corrected chi connectivity index (χ2v) is 2.90. The van der Waals surface area contributed by atoms with Crippen LogP contribution in [-0.2, 0) is 4.79 Å². The average molecular weight is 213 g/mol. The Morgan fingerprint density at radius 2 is 2.38 bits per heavy atom. The second kappa shape index (κ2) is 3.97. The lowest BCUT2D eigenvalue weighted by molar-refractivity contribution is -0.144. The molecule has 0 aromatic carbocycles. The average Bonchev–Trinajstić information content (AvgIpc) is 1.96. The topological polar surface area (TPSA) is 52.9 Å². The summed E-state index contributed by atoms with van der Waals surface area (Å²) in [7, 11) is 0. The van der Waals surface area contributed by atoms with Gasteiger partial charge in [0.25, 0.3) is 6.43 Å². The Morgan fingerprint density at radius 1 is 1.77 bits per heavy atom. The van der Waals surface area contributed by atoms with Crippen LogP contribution in [0.2, 0.25) is 0 Å². The normalized spacial score (nSPS) is 23.8. The Kier molecular flexibility index (Phi) is 3.16. The fraction of sp³-hybridized carbons (Fsp3) is 0.667. The first kappa shape index (κ1) is 10.3. The molecule has 0 fully saturated rings. The molecule has 1 amide bonds. The molecule has 0 radical (unpaired) electrons. The second-order valence-electron chi connectivity index (χ2n) is 2.47. The number of aliphatic imine (C=N–C) groups is 1. The van der Waals surface area contributed by atoms with Gasteiger partial charge in [0.15, 0.2) is 0 Å². The van der Waals surface area contributed by atoms with Crippen molar-refractivity contribution in [2.24, 2.45) is 4.99 Å². The van der Waals surface area contributed by atoms with Crippen LogP contribution in [0.15, 0.2) is 4.99 Å². The van der Waals surface area contributed by atoms with E-state index in [2.05, 4.69) is 4.99 Å². The Morgan fingerprint density at radius 3 is 2.85 bits per heavy atom. The molecule has 0 aromatic rings. The van der Waals surface area contributed by atoms with E-state index < -0.39 is 25.2 Å². The van der Waals surface area contributed by atoms with Crippen LogP contribution in [0.5, 0.6) is 0 Å². The number of nitrogens with zero attached hydrogens (tertiary/aromatic N) is 2. The van der Waals surface area contributed by atoms with Crippen LogP contribution in [0, 0.1) is 0 Å². The lowest BCUT2D eigenvalue weighted by Crippen LogP contribution is -2.45. The predicted octanol–water partition coefficient (Wildman–Crippen LogP) is 0.397. The van der Waals surface area contributed by atoms with Crippen LogP contribution in [0.3, 0.4) is 0 Å². The molecular formula is C6H7ClF2N2O2. The number of amides is 1. The fourth-order valence-electron chi connectivity index (χ4n) is 0.941. The molecule has 1 heterocycles. The summed E-state index contributed by atoms with van der Waals surface area (Å²) >= 11 is 5.36. The van der Waals surface area contributed by atoms with Crippen molar-refractivity contribution in [3.05, 3.63) is 0 Å². The Balaban J connectivity index is 2.69. The van der Waals surface area contributed by atoms with Gasteiger partial charge in [-0.15, -0.1) is 0 Å². The lowest BCUT2D eigenvalue weighted by Gasteiger charge is -2.28. The molecule has 7 heteroatoms. The van der Waals surface area contributed by atoms with Crippen molar-refractivity contribution in [3.63, 3.8) is 0 Å². The first-order chi connectivity index (χ1) is 6.00. The zero-order valence-electron chi connectivity index (χ0n) is 6.45. The van der Waals surface area contributed by atoms with Gasteiger partial charge in [0.1, 0.15) is 5.17 Å². The van der Waals surface area contributed by atoms with Gasteiger partial charge in [-0.3, -0.25) is 9.69 Å². The van der Waals surface area contributed by atoms with E-state index in [1.165, 1.54) is 0 Å². The van der Waals surface area contributed by atoms with Gasteiger partial charge in [0.05, 0.1) is 13.0 Å². The molecule has 1 unspecified atom stereocenters. The van der Waals surface area contributed by atoms with Crippen molar-refractivity contribution >= 4 is 22.7 Å². The lowest BCUT2D eigenvalue weighted by atomic mass is 10.3. The van der Waals surface area contributed by atoms with Gasteiger partial charge in [-0.2, -0.15) is 0 Å². The first-order valence-electron chi connectivity index (χ1n) is 3.48. The molecule has 0 saturated heterocycles. The van der Waals surface area contributed by atoms with E-state index in [4.69, 9.17) is 16.7 Å². The maximum Gasteiger partial charge on any atom is 0.256 e. The highest BCUT2D eigenvalue weighted by atomic mass is 35.5. The predicted molar refractivity (Wildman–Crippen MR) is 41.6 cm³/mol. The van der Waals surface area contributed by atoms with Gasteiger partial charge < -0.3 is 5.11 Å². The third-order valence-corrected chi connectivity index (χ3v) is 1.72. The van der Waals surface area contributed by atoms with E-state index in [9.17, 15) is 13.6 Å². The van der Waals surface area contributed by atoms with E-state index in [1.54, 1.807) is 0 Å². The molecule has 1 rings (SSSR count). The summed E-state index contributed by atoms with van der Waals surface area (Å²) in [5.41, 5.74) is 0. The Labute approximate surface area is 77.8 Å². The van der Waals surface area contributed by atoms with E-state index in [0.717, 1.165) is 0 Å². The molecule has 1 aliphatic rings. The van der Waals surface area contributed by atoms with Crippen molar-refractivity contribution in [2.45, 2.75) is 19.2 Å². The summed E-state index contributed by atoms with van der Waals surface area (Å²) in [6.07, 6.45) is -4.50. The van der Waals surface area contributed by atoms with Gasteiger partial charge in [-0.1, -0.05) is 11.6 Å². The molecule has 0 aliphatic carbocycles. The first-order valence-corrected chi connectivity index (χ1v) is 3.86. The molecule has 0 aromatic heterocycles. The van der Waals surface area contributed by atoms with E-state index >= 15 is 0 Å². The van der Waals surface area contributed by atoms with Gasteiger partial charge in [-0.05, 0) is 0 Å². The van der Waals surface area contributed by atoms with E-state index in [-0.39, 0.29) is 11.6 Å². The monoisotopic (exact) mass is 212 g/mol. The minimum absolute atomic E-state index is 0.0667. The number of alkyl halides is 2. The zero-order chi connectivity index (χ0) is 10.0. The molecule has 1 atom stereocenters. The highest BCUT2D eigenvalue weighted by Gasteiger charge is 2.29. The molecule has 0 saturated carbocycles. The summed E-state index contributed by atoms with van der Waals surface area (Å²) in [5.74, 6) is -0.646. The SMILES string of the molecule is O=C1CC(Cl)=NC(O)N1CC(F)F. The summed E-state index contributed by atoms with van der Waals surface area (Å²) in [6.45, 7) is -0.826. The molecule has 1 aliphatic heterocycles. The van der Waals surface area contributed by atoms with Crippen molar-refractivity contribution in [3.8, 4) is 0 Å². The maximum atomic E-state index is 11.9. The Hall–Kier alpha value is -0.750. The van der Waals surface area contributed by atoms with E-state index in [1.807, 2.05) is 0 Å². The van der Waals surface area contributed by atoms with Crippen molar-refractivity contribution in [1.29, 1.82) is 0 Å². The van der Waals surface area contributed by atoms with Crippen LogP contribution in [0.25, 0.3) is 0 Å². The highest BCUT2D eigenvalue weighted by Crippen LogP contribution is 2.13.